The highest BCUT2D eigenvalue weighted by Gasteiger charge is 2.11. The maximum atomic E-state index is 12.4. The van der Waals surface area contributed by atoms with E-state index < -0.39 is 0 Å². The highest BCUT2D eigenvalue weighted by molar-refractivity contribution is 7.00. The van der Waals surface area contributed by atoms with Gasteiger partial charge in [-0.1, -0.05) is 6.07 Å². The lowest BCUT2D eigenvalue weighted by Crippen LogP contribution is -2.23. The summed E-state index contributed by atoms with van der Waals surface area (Å²) in [5.74, 6) is -0.157. The molecule has 0 bridgehead atoms. The third-order valence-electron chi connectivity index (χ3n) is 3.82. The summed E-state index contributed by atoms with van der Waals surface area (Å²) in [6.07, 6.45) is 5.39. The number of fused-ring (bicyclic) bond motifs is 1. The van der Waals surface area contributed by atoms with Crippen LogP contribution >= 0.6 is 11.7 Å². The van der Waals surface area contributed by atoms with Gasteiger partial charge in [0.25, 0.3) is 5.91 Å². The van der Waals surface area contributed by atoms with Gasteiger partial charge in [0.15, 0.2) is 0 Å². The molecule has 0 saturated heterocycles. The summed E-state index contributed by atoms with van der Waals surface area (Å²) in [6.45, 7) is 0.379. The molecule has 0 spiro atoms. The smallest absolute Gasteiger partial charge is 0.251 e. The number of nitrogens with one attached hydrogen (secondary N) is 1. The summed E-state index contributed by atoms with van der Waals surface area (Å²) in [5, 5.41) is 7.12. The second-order valence-corrected chi connectivity index (χ2v) is 6.09. The van der Waals surface area contributed by atoms with Crippen molar-refractivity contribution in [3.63, 3.8) is 0 Å². The lowest BCUT2D eigenvalue weighted by atomic mass is 10.1. The van der Waals surface area contributed by atoms with E-state index in [2.05, 4.69) is 24.1 Å². The second-order valence-electron chi connectivity index (χ2n) is 5.56. The van der Waals surface area contributed by atoms with E-state index in [1.54, 1.807) is 35.3 Å². The van der Waals surface area contributed by atoms with Gasteiger partial charge in [-0.3, -0.25) is 14.5 Å². The Morgan fingerprint density at radius 3 is 2.96 bits per heavy atom. The molecule has 4 aromatic rings. The van der Waals surface area contributed by atoms with Crippen LogP contribution in [0.1, 0.15) is 15.9 Å². The fourth-order valence-electron chi connectivity index (χ4n) is 2.59. The molecule has 1 amide bonds. The Hall–Kier alpha value is -3.13. The van der Waals surface area contributed by atoms with Crippen LogP contribution in [0, 0.1) is 0 Å². The molecule has 0 radical (unpaired) electrons. The van der Waals surface area contributed by atoms with Crippen molar-refractivity contribution in [2.45, 2.75) is 6.54 Å². The summed E-state index contributed by atoms with van der Waals surface area (Å²) in [4.78, 5) is 16.9. The predicted molar refractivity (Wildman–Crippen MR) is 95.0 cm³/mol. The van der Waals surface area contributed by atoms with Crippen molar-refractivity contribution in [2.75, 3.05) is 0 Å². The van der Waals surface area contributed by atoms with E-state index in [1.165, 1.54) is 0 Å². The first-order chi connectivity index (χ1) is 12.2. The molecule has 3 heterocycles. The van der Waals surface area contributed by atoms with Crippen LogP contribution in [0.3, 0.4) is 0 Å². The fourth-order valence-corrected chi connectivity index (χ4v) is 3.10. The Bertz CT molecular complexity index is 1050. The van der Waals surface area contributed by atoms with E-state index >= 15 is 0 Å². The topological polar surface area (TPSA) is 85.6 Å². The zero-order chi connectivity index (χ0) is 17.2. The standard InChI is InChI=1S/C17H14N6OS/c1-23-10-13(9-20-23)16-12(3-2-6-18-16)8-19-17(24)11-4-5-14-15(7-11)22-25-21-14/h2-7,9-10H,8H2,1H3,(H,19,24). The number of hydrogen-bond donors (Lipinski definition) is 1. The highest BCUT2D eigenvalue weighted by Crippen LogP contribution is 2.20. The van der Waals surface area contributed by atoms with Gasteiger partial charge >= 0.3 is 0 Å². The van der Waals surface area contributed by atoms with Gasteiger partial charge in [-0.15, -0.1) is 0 Å². The van der Waals surface area contributed by atoms with Crippen LogP contribution in [-0.2, 0) is 13.6 Å². The van der Waals surface area contributed by atoms with Crippen molar-refractivity contribution in [2.24, 2.45) is 7.05 Å². The van der Waals surface area contributed by atoms with Crippen molar-refractivity contribution >= 4 is 28.7 Å². The molecule has 124 valence electrons. The number of carbonyl (C=O) groups is 1. The molecule has 8 heteroatoms. The van der Waals surface area contributed by atoms with Crippen molar-refractivity contribution in [3.05, 3.63) is 60.0 Å². The summed E-state index contributed by atoms with van der Waals surface area (Å²) in [5.41, 5.74) is 4.76. The summed E-state index contributed by atoms with van der Waals surface area (Å²) in [7, 11) is 1.86. The Morgan fingerprint density at radius 1 is 1.24 bits per heavy atom. The maximum Gasteiger partial charge on any atom is 0.251 e. The van der Waals surface area contributed by atoms with E-state index in [0.717, 1.165) is 39.6 Å². The van der Waals surface area contributed by atoms with Crippen LogP contribution in [0.5, 0.6) is 0 Å². The van der Waals surface area contributed by atoms with Crippen LogP contribution in [0.15, 0.2) is 48.9 Å². The fraction of sp³-hybridized carbons (Fsp3) is 0.118. The van der Waals surface area contributed by atoms with E-state index in [9.17, 15) is 4.79 Å². The monoisotopic (exact) mass is 350 g/mol. The number of pyridine rings is 1. The first-order valence-corrected chi connectivity index (χ1v) is 8.37. The molecule has 0 fully saturated rings. The lowest BCUT2D eigenvalue weighted by Gasteiger charge is -2.09. The number of aromatic nitrogens is 5. The zero-order valence-electron chi connectivity index (χ0n) is 13.4. The minimum absolute atomic E-state index is 0.157. The largest absolute Gasteiger partial charge is 0.348 e. The SMILES string of the molecule is Cn1cc(-c2ncccc2CNC(=O)c2ccc3nsnc3c2)cn1. The molecule has 0 aliphatic carbocycles. The molecule has 1 aromatic carbocycles. The van der Waals surface area contributed by atoms with E-state index in [0.29, 0.717) is 12.1 Å². The molecule has 0 unspecified atom stereocenters. The Labute approximate surface area is 147 Å². The van der Waals surface area contributed by atoms with Gasteiger partial charge in [-0.2, -0.15) is 13.8 Å². The number of benzene rings is 1. The van der Waals surface area contributed by atoms with Crippen LogP contribution in [0.25, 0.3) is 22.3 Å². The van der Waals surface area contributed by atoms with Gasteiger partial charge in [0.1, 0.15) is 11.0 Å². The van der Waals surface area contributed by atoms with Crippen molar-refractivity contribution in [3.8, 4) is 11.3 Å². The van der Waals surface area contributed by atoms with E-state index in [4.69, 9.17) is 0 Å². The van der Waals surface area contributed by atoms with Gasteiger partial charge in [0.05, 0.1) is 23.6 Å². The summed E-state index contributed by atoms with van der Waals surface area (Å²) in [6, 6.07) is 9.11. The van der Waals surface area contributed by atoms with E-state index in [-0.39, 0.29) is 5.91 Å². The maximum absolute atomic E-state index is 12.4. The predicted octanol–water partition coefficient (Wildman–Crippen LogP) is 2.42. The molecule has 25 heavy (non-hydrogen) atoms. The van der Waals surface area contributed by atoms with Crippen molar-refractivity contribution in [1.29, 1.82) is 0 Å². The molecular formula is C17H14N6OS. The molecule has 3 aromatic heterocycles. The normalized spacial score (nSPS) is 10.9. The minimum atomic E-state index is -0.157. The Balaban J connectivity index is 1.54. The highest BCUT2D eigenvalue weighted by atomic mass is 32.1. The van der Waals surface area contributed by atoms with Gasteiger partial charge in [-0.05, 0) is 29.8 Å². The average Bonchev–Trinajstić information content (AvgIpc) is 3.28. The Morgan fingerprint density at radius 2 is 2.12 bits per heavy atom. The summed E-state index contributed by atoms with van der Waals surface area (Å²) < 4.78 is 10.0. The number of carbonyl (C=O) groups excluding carboxylic acids is 1. The number of amides is 1. The van der Waals surface area contributed by atoms with E-state index in [1.807, 2.05) is 25.4 Å². The first kappa shape index (κ1) is 15.4. The van der Waals surface area contributed by atoms with Crippen LogP contribution in [0.4, 0.5) is 0 Å². The Kier molecular flexibility index (Phi) is 3.95. The minimum Gasteiger partial charge on any atom is -0.348 e. The molecule has 4 rings (SSSR count). The molecule has 0 saturated carbocycles. The quantitative estimate of drug-likeness (QED) is 0.611. The molecule has 0 aliphatic rings. The molecule has 0 atom stereocenters. The molecule has 1 N–H and O–H groups in total. The number of nitrogens with zero attached hydrogens (tertiary/aromatic N) is 5. The van der Waals surface area contributed by atoms with Gasteiger partial charge in [0.2, 0.25) is 0 Å². The number of hydrogen-bond acceptors (Lipinski definition) is 6. The van der Waals surface area contributed by atoms with Gasteiger partial charge in [-0.25, -0.2) is 0 Å². The van der Waals surface area contributed by atoms with Crippen molar-refractivity contribution in [1.82, 2.24) is 28.8 Å². The number of aryl methyl sites for hydroxylation is 1. The van der Waals surface area contributed by atoms with Gasteiger partial charge in [0, 0.05) is 37.1 Å². The molecule has 0 aliphatic heterocycles. The van der Waals surface area contributed by atoms with Gasteiger partial charge < -0.3 is 5.32 Å². The first-order valence-electron chi connectivity index (χ1n) is 7.64. The molecular weight excluding hydrogens is 336 g/mol. The second kappa shape index (κ2) is 6.40. The molecule has 7 nitrogen and oxygen atoms in total. The van der Waals surface area contributed by atoms with Crippen LogP contribution in [0.2, 0.25) is 0 Å². The van der Waals surface area contributed by atoms with Crippen LogP contribution < -0.4 is 5.32 Å². The summed E-state index contributed by atoms with van der Waals surface area (Å²) >= 11 is 1.14. The average molecular weight is 350 g/mol. The zero-order valence-corrected chi connectivity index (χ0v) is 14.2. The lowest BCUT2D eigenvalue weighted by molar-refractivity contribution is 0.0951. The number of rotatable bonds is 4. The third-order valence-corrected chi connectivity index (χ3v) is 4.38. The van der Waals surface area contributed by atoms with Crippen LogP contribution in [-0.4, -0.2) is 29.4 Å². The third kappa shape index (κ3) is 3.11. The van der Waals surface area contributed by atoms with Crippen molar-refractivity contribution < 1.29 is 4.79 Å².